The van der Waals surface area contributed by atoms with E-state index in [1.807, 2.05) is 43.4 Å². The van der Waals surface area contributed by atoms with E-state index in [4.69, 9.17) is 16.3 Å². The number of likely N-dealkylation sites (N-methyl/N-ethyl adjacent to an activating group) is 1. The second-order valence-corrected chi connectivity index (χ2v) is 7.38. The standard InChI is InChI=1S/C19H15ClN2O3S/c1-22-7-8-25-16-13(9-12(20)10-14(16)22)18-21-15(17(26-18)19(23)24)11-5-3-2-4-6-11/h2-6,9-10H,7-8H2,1H3,(H,23,24). The first-order chi connectivity index (χ1) is 12.5. The molecule has 0 spiro atoms. The van der Waals surface area contributed by atoms with Crippen LogP contribution in [0.25, 0.3) is 21.8 Å². The second kappa shape index (κ2) is 6.63. The first kappa shape index (κ1) is 16.9. The predicted octanol–water partition coefficient (Wildman–Crippen LogP) is 4.66. The van der Waals surface area contributed by atoms with Crippen molar-refractivity contribution < 1.29 is 14.6 Å². The number of hydrogen-bond donors (Lipinski definition) is 1. The van der Waals surface area contributed by atoms with Gasteiger partial charge in [-0.05, 0) is 12.1 Å². The molecule has 1 aliphatic heterocycles. The molecular formula is C19H15ClN2O3S. The average molecular weight is 387 g/mol. The third-order valence-corrected chi connectivity index (χ3v) is 5.51. The number of thiazole rings is 1. The molecule has 5 nitrogen and oxygen atoms in total. The van der Waals surface area contributed by atoms with E-state index in [9.17, 15) is 9.90 Å². The minimum atomic E-state index is -0.999. The molecule has 1 aliphatic rings. The number of hydrogen-bond acceptors (Lipinski definition) is 5. The van der Waals surface area contributed by atoms with Crippen molar-refractivity contribution in [1.29, 1.82) is 0 Å². The van der Waals surface area contributed by atoms with E-state index in [0.717, 1.165) is 29.1 Å². The summed E-state index contributed by atoms with van der Waals surface area (Å²) in [5, 5.41) is 10.8. The smallest absolute Gasteiger partial charge is 0.348 e. The summed E-state index contributed by atoms with van der Waals surface area (Å²) in [5.74, 6) is -0.310. The summed E-state index contributed by atoms with van der Waals surface area (Å²) >= 11 is 7.43. The number of rotatable bonds is 3. The van der Waals surface area contributed by atoms with Crippen LogP contribution in [0, 0.1) is 0 Å². The van der Waals surface area contributed by atoms with Gasteiger partial charge < -0.3 is 14.7 Å². The SMILES string of the molecule is CN1CCOc2c(-c3nc(-c4ccccc4)c(C(=O)O)s3)cc(Cl)cc21. The second-order valence-electron chi connectivity index (χ2n) is 5.94. The van der Waals surface area contributed by atoms with Crippen molar-refractivity contribution in [2.24, 2.45) is 0 Å². The van der Waals surface area contributed by atoms with Crippen LogP contribution in [0.1, 0.15) is 9.67 Å². The minimum absolute atomic E-state index is 0.198. The molecule has 0 atom stereocenters. The molecule has 4 rings (SSSR count). The Bertz CT molecular complexity index is 988. The summed E-state index contributed by atoms with van der Waals surface area (Å²) in [6.45, 7) is 1.32. The molecule has 0 aliphatic carbocycles. The number of carbonyl (C=O) groups is 1. The van der Waals surface area contributed by atoms with E-state index < -0.39 is 5.97 Å². The number of carboxylic acids is 1. The van der Waals surface area contributed by atoms with Crippen LogP contribution in [-0.4, -0.2) is 36.3 Å². The van der Waals surface area contributed by atoms with Crippen molar-refractivity contribution in [3.63, 3.8) is 0 Å². The van der Waals surface area contributed by atoms with E-state index in [1.165, 1.54) is 0 Å². The third kappa shape index (κ3) is 2.91. The number of anilines is 1. The van der Waals surface area contributed by atoms with Gasteiger partial charge in [0.25, 0.3) is 0 Å². The van der Waals surface area contributed by atoms with Gasteiger partial charge in [-0.1, -0.05) is 41.9 Å². The Morgan fingerprint density at radius 1 is 1.31 bits per heavy atom. The lowest BCUT2D eigenvalue weighted by molar-refractivity contribution is 0.0702. The summed E-state index contributed by atoms with van der Waals surface area (Å²) in [4.78, 5) is 18.6. The largest absolute Gasteiger partial charge is 0.489 e. The molecule has 0 bridgehead atoms. The van der Waals surface area contributed by atoms with Gasteiger partial charge in [-0.25, -0.2) is 9.78 Å². The van der Waals surface area contributed by atoms with Crippen molar-refractivity contribution in [2.45, 2.75) is 0 Å². The Labute approximate surface area is 159 Å². The summed E-state index contributed by atoms with van der Waals surface area (Å²) in [6, 6.07) is 12.9. The summed E-state index contributed by atoms with van der Waals surface area (Å²) < 4.78 is 5.87. The molecule has 3 aromatic rings. The number of benzene rings is 2. The zero-order valence-corrected chi connectivity index (χ0v) is 15.5. The topological polar surface area (TPSA) is 62.7 Å². The Morgan fingerprint density at radius 2 is 2.08 bits per heavy atom. The van der Waals surface area contributed by atoms with Crippen LogP contribution in [0.5, 0.6) is 5.75 Å². The lowest BCUT2D eigenvalue weighted by atomic mass is 10.1. The first-order valence-corrected chi connectivity index (χ1v) is 9.21. The van der Waals surface area contributed by atoms with E-state index in [-0.39, 0.29) is 4.88 Å². The highest BCUT2D eigenvalue weighted by Gasteiger charge is 2.25. The molecule has 1 aromatic heterocycles. The number of aromatic nitrogens is 1. The molecule has 132 valence electrons. The predicted molar refractivity (Wildman–Crippen MR) is 104 cm³/mol. The van der Waals surface area contributed by atoms with Gasteiger partial charge in [0, 0.05) is 17.6 Å². The molecule has 0 radical (unpaired) electrons. The van der Waals surface area contributed by atoms with Gasteiger partial charge in [0.05, 0.1) is 23.5 Å². The summed E-state index contributed by atoms with van der Waals surface area (Å²) in [5.41, 5.74) is 2.82. The first-order valence-electron chi connectivity index (χ1n) is 8.02. The van der Waals surface area contributed by atoms with Crippen LogP contribution >= 0.6 is 22.9 Å². The van der Waals surface area contributed by atoms with E-state index >= 15 is 0 Å². The zero-order chi connectivity index (χ0) is 18.3. The number of halogens is 1. The molecule has 2 heterocycles. The molecule has 0 saturated heterocycles. The Kier molecular flexibility index (Phi) is 4.30. The van der Waals surface area contributed by atoms with E-state index in [0.29, 0.717) is 33.6 Å². The summed E-state index contributed by atoms with van der Waals surface area (Å²) in [6.07, 6.45) is 0. The highest BCUT2D eigenvalue weighted by atomic mass is 35.5. The molecule has 0 unspecified atom stereocenters. The third-order valence-electron chi connectivity index (χ3n) is 4.22. The monoisotopic (exact) mass is 386 g/mol. The quantitative estimate of drug-likeness (QED) is 0.709. The molecule has 2 aromatic carbocycles. The van der Waals surface area contributed by atoms with Gasteiger partial charge >= 0.3 is 5.97 Å². The van der Waals surface area contributed by atoms with Crippen LogP contribution in [0.4, 0.5) is 5.69 Å². The number of fused-ring (bicyclic) bond motifs is 1. The van der Waals surface area contributed by atoms with Crippen LogP contribution in [0.15, 0.2) is 42.5 Å². The number of ether oxygens (including phenoxy) is 1. The fraction of sp³-hybridized carbons (Fsp3) is 0.158. The highest BCUT2D eigenvalue weighted by Crippen LogP contribution is 2.45. The van der Waals surface area contributed by atoms with Crippen molar-refractivity contribution in [2.75, 3.05) is 25.1 Å². The molecule has 0 saturated carbocycles. The minimum Gasteiger partial charge on any atom is -0.489 e. The molecule has 26 heavy (non-hydrogen) atoms. The molecule has 0 amide bonds. The zero-order valence-electron chi connectivity index (χ0n) is 13.9. The Balaban J connectivity index is 1.91. The van der Waals surface area contributed by atoms with Gasteiger partial charge in [-0.3, -0.25) is 0 Å². The van der Waals surface area contributed by atoms with E-state index in [1.54, 1.807) is 6.07 Å². The number of aromatic carboxylic acids is 1. The fourth-order valence-electron chi connectivity index (χ4n) is 2.95. The molecular weight excluding hydrogens is 372 g/mol. The van der Waals surface area contributed by atoms with Crippen LogP contribution in [0.3, 0.4) is 0 Å². The lowest BCUT2D eigenvalue weighted by Crippen LogP contribution is -2.29. The lowest BCUT2D eigenvalue weighted by Gasteiger charge is -2.29. The number of nitrogens with zero attached hydrogens (tertiary/aromatic N) is 2. The van der Waals surface area contributed by atoms with Gasteiger partial charge in [0.15, 0.2) is 5.75 Å². The van der Waals surface area contributed by atoms with Crippen LogP contribution in [-0.2, 0) is 0 Å². The Morgan fingerprint density at radius 3 is 2.81 bits per heavy atom. The molecule has 1 N–H and O–H groups in total. The van der Waals surface area contributed by atoms with Crippen LogP contribution in [0.2, 0.25) is 5.02 Å². The maximum absolute atomic E-state index is 11.8. The van der Waals surface area contributed by atoms with Gasteiger partial charge in [-0.2, -0.15) is 0 Å². The van der Waals surface area contributed by atoms with Crippen molar-refractivity contribution >= 4 is 34.6 Å². The van der Waals surface area contributed by atoms with Crippen molar-refractivity contribution in [1.82, 2.24) is 4.98 Å². The van der Waals surface area contributed by atoms with Crippen LogP contribution < -0.4 is 9.64 Å². The van der Waals surface area contributed by atoms with E-state index in [2.05, 4.69) is 9.88 Å². The maximum atomic E-state index is 11.8. The fourth-order valence-corrected chi connectivity index (χ4v) is 4.10. The van der Waals surface area contributed by atoms with Crippen molar-refractivity contribution in [3.05, 3.63) is 52.4 Å². The highest BCUT2D eigenvalue weighted by molar-refractivity contribution is 7.17. The maximum Gasteiger partial charge on any atom is 0.348 e. The Hall–Kier alpha value is -2.57. The molecule has 0 fully saturated rings. The average Bonchev–Trinajstić information content (AvgIpc) is 3.08. The van der Waals surface area contributed by atoms with Crippen molar-refractivity contribution in [3.8, 4) is 27.6 Å². The van der Waals surface area contributed by atoms with Gasteiger partial charge in [-0.15, -0.1) is 11.3 Å². The molecule has 7 heteroatoms. The van der Waals surface area contributed by atoms with Gasteiger partial charge in [0.2, 0.25) is 0 Å². The van der Waals surface area contributed by atoms with Gasteiger partial charge in [0.1, 0.15) is 16.5 Å². The normalized spacial score (nSPS) is 13.2. The summed E-state index contributed by atoms with van der Waals surface area (Å²) in [7, 11) is 1.97. The number of carboxylic acid groups (broad SMARTS) is 1.